The summed E-state index contributed by atoms with van der Waals surface area (Å²) < 4.78 is 10.5. The van der Waals surface area contributed by atoms with Crippen LogP contribution in [0.3, 0.4) is 0 Å². The molecule has 0 bridgehead atoms. The van der Waals surface area contributed by atoms with E-state index in [0.29, 0.717) is 42.9 Å². The van der Waals surface area contributed by atoms with Crippen molar-refractivity contribution in [1.82, 2.24) is 5.32 Å². The number of amidine groups is 1. The summed E-state index contributed by atoms with van der Waals surface area (Å²) in [5.41, 5.74) is 2.28. The van der Waals surface area contributed by atoms with E-state index >= 15 is 0 Å². The number of methoxy groups -OCH3 is 2. The number of halogens is 2. The van der Waals surface area contributed by atoms with Gasteiger partial charge >= 0.3 is 0 Å². The Labute approximate surface area is 171 Å². The second kappa shape index (κ2) is 8.25. The van der Waals surface area contributed by atoms with Gasteiger partial charge in [-0.3, -0.25) is 4.79 Å². The lowest BCUT2D eigenvalue weighted by atomic mass is 10.2. The first-order valence-corrected chi connectivity index (χ1v) is 9.45. The number of carbonyl (C=O) groups excluding carboxylic acids is 1. The maximum atomic E-state index is 12.3. The molecule has 0 aromatic heterocycles. The summed E-state index contributed by atoms with van der Waals surface area (Å²) in [7, 11) is 3.07. The Balaban J connectivity index is 1.89. The molecule has 0 radical (unpaired) electrons. The first-order chi connectivity index (χ1) is 12.9. The molecule has 1 N–H and O–H groups in total. The molecule has 140 valence electrons. The molecule has 1 aliphatic heterocycles. The first kappa shape index (κ1) is 19.6. The van der Waals surface area contributed by atoms with Crippen LogP contribution in [0.4, 0.5) is 5.69 Å². The van der Waals surface area contributed by atoms with Crippen LogP contribution < -0.4 is 14.8 Å². The van der Waals surface area contributed by atoms with Crippen molar-refractivity contribution in [3.8, 4) is 11.5 Å². The predicted octanol–water partition coefficient (Wildman–Crippen LogP) is 5.21. The van der Waals surface area contributed by atoms with Gasteiger partial charge < -0.3 is 14.8 Å². The SMILES string of the molecule is COc1cc(Cl)c(/C=C2\SC(=Nc3ccc(C)c(Cl)c3)NC2=O)cc1OC. The van der Waals surface area contributed by atoms with E-state index in [9.17, 15) is 4.79 Å². The van der Waals surface area contributed by atoms with E-state index < -0.39 is 0 Å². The fourth-order valence-electron chi connectivity index (χ4n) is 2.37. The van der Waals surface area contributed by atoms with Gasteiger partial charge in [0.1, 0.15) is 0 Å². The molecule has 1 fully saturated rings. The summed E-state index contributed by atoms with van der Waals surface area (Å²) in [5.74, 6) is 0.801. The largest absolute Gasteiger partial charge is 0.493 e. The zero-order chi connectivity index (χ0) is 19.6. The van der Waals surface area contributed by atoms with Crippen molar-refractivity contribution in [2.24, 2.45) is 4.99 Å². The van der Waals surface area contributed by atoms with Gasteiger partial charge in [0.15, 0.2) is 16.7 Å². The van der Waals surface area contributed by atoms with Crippen LogP contribution in [-0.4, -0.2) is 25.3 Å². The van der Waals surface area contributed by atoms with Gasteiger partial charge in [-0.05, 0) is 54.1 Å². The zero-order valence-electron chi connectivity index (χ0n) is 14.8. The molecule has 2 aromatic carbocycles. The van der Waals surface area contributed by atoms with Crippen molar-refractivity contribution in [3.63, 3.8) is 0 Å². The fraction of sp³-hybridized carbons (Fsp3) is 0.158. The lowest BCUT2D eigenvalue weighted by Crippen LogP contribution is -2.19. The molecular weight excluding hydrogens is 407 g/mol. The molecular formula is C19H16Cl2N2O3S. The minimum atomic E-state index is -0.247. The molecule has 1 heterocycles. The summed E-state index contributed by atoms with van der Waals surface area (Å²) in [5, 5.41) is 4.29. The van der Waals surface area contributed by atoms with Gasteiger partial charge in [-0.15, -0.1) is 0 Å². The van der Waals surface area contributed by atoms with Crippen LogP contribution in [0.2, 0.25) is 10.0 Å². The maximum Gasteiger partial charge on any atom is 0.264 e. The van der Waals surface area contributed by atoms with Crippen molar-refractivity contribution >= 4 is 57.8 Å². The molecule has 0 atom stereocenters. The number of hydrogen-bond donors (Lipinski definition) is 1. The van der Waals surface area contributed by atoms with Gasteiger partial charge in [0.05, 0.1) is 29.8 Å². The average Bonchev–Trinajstić information content (AvgIpc) is 2.98. The van der Waals surface area contributed by atoms with Crippen LogP contribution >= 0.6 is 35.0 Å². The Bertz CT molecular complexity index is 974. The molecule has 0 saturated carbocycles. The number of carbonyl (C=O) groups is 1. The number of rotatable bonds is 4. The fourth-order valence-corrected chi connectivity index (χ4v) is 3.59. The molecule has 1 saturated heterocycles. The second-order valence-corrected chi connectivity index (χ2v) is 7.49. The number of amides is 1. The van der Waals surface area contributed by atoms with Gasteiger partial charge in [-0.2, -0.15) is 0 Å². The van der Waals surface area contributed by atoms with E-state index in [2.05, 4.69) is 10.3 Å². The maximum absolute atomic E-state index is 12.3. The third kappa shape index (κ3) is 4.40. The number of nitrogens with one attached hydrogen (secondary N) is 1. The van der Waals surface area contributed by atoms with Crippen molar-refractivity contribution < 1.29 is 14.3 Å². The summed E-state index contributed by atoms with van der Waals surface area (Å²) in [6, 6.07) is 8.84. The van der Waals surface area contributed by atoms with Gasteiger partial charge in [0.25, 0.3) is 5.91 Å². The molecule has 27 heavy (non-hydrogen) atoms. The van der Waals surface area contributed by atoms with Crippen LogP contribution in [-0.2, 0) is 4.79 Å². The number of benzene rings is 2. The molecule has 5 nitrogen and oxygen atoms in total. The van der Waals surface area contributed by atoms with E-state index in [4.69, 9.17) is 32.7 Å². The van der Waals surface area contributed by atoms with E-state index in [1.807, 2.05) is 19.1 Å². The molecule has 1 aliphatic rings. The van der Waals surface area contributed by atoms with Gasteiger partial charge in [-0.1, -0.05) is 29.3 Å². The molecule has 8 heteroatoms. The van der Waals surface area contributed by atoms with Gasteiger partial charge in [0, 0.05) is 11.1 Å². The molecule has 3 rings (SSSR count). The van der Waals surface area contributed by atoms with Gasteiger partial charge in [-0.25, -0.2) is 4.99 Å². The summed E-state index contributed by atoms with van der Waals surface area (Å²) in [6.45, 7) is 1.92. The van der Waals surface area contributed by atoms with Crippen molar-refractivity contribution in [2.45, 2.75) is 6.92 Å². The Hall–Kier alpha value is -2.15. The van der Waals surface area contributed by atoms with E-state index in [1.54, 1.807) is 24.3 Å². The van der Waals surface area contributed by atoms with Crippen LogP contribution in [0, 0.1) is 6.92 Å². The second-order valence-electron chi connectivity index (χ2n) is 5.64. The topological polar surface area (TPSA) is 59.9 Å². The van der Waals surface area contributed by atoms with E-state index in [1.165, 1.54) is 26.0 Å². The lowest BCUT2D eigenvalue weighted by Gasteiger charge is -2.09. The van der Waals surface area contributed by atoms with Crippen LogP contribution in [0.15, 0.2) is 40.2 Å². The summed E-state index contributed by atoms with van der Waals surface area (Å²) >= 11 is 13.6. The number of nitrogens with zero attached hydrogens (tertiary/aromatic N) is 1. The summed E-state index contributed by atoms with van der Waals surface area (Å²) in [6.07, 6.45) is 1.69. The monoisotopic (exact) mass is 422 g/mol. The van der Waals surface area contributed by atoms with Crippen molar-refractivity contribution in [2.75, 3.05) is 14.2 Å². The molecule has 2 aromatic rings. The Morgan fingerprint density at radius 1 is 1.07 bits per heavy atom. The van der Waals surface area contributed by atoms with Crippen molar-refractivity contribution in [1.29, 1.82) is 0 Å². The number of ether oxygens (including phenoxy) is 2. The van der Waals surface area contributed by atoms with E-state index in [0.717, 1.165) is 5.56 Å². The number of aliphatic imine (C=N–C) groups is 1. The highest BCUT2D eigenvalue weighted by Crippen LogP contribution is 2.36. The molecule has 0 spiro atoms. The quantitative estimate of drug-likeness (QED) is 0.686. The highest BCUT2D eigenvalue weighted by Gasteiger charge is 2.24. The van der Waals surface area contributed by atoms with Crippen LogP contribution in [0.1, 0.15) is 11.1 Å². The normalized spacial score (nSPS) is 16.7. The number of aryl methyl sites for hydroxylation is 1. The number of thioether (sulfide) groups is 1. The lowest BCUT2D eigenvalue weighted by molar-refractivity contribution is -0.115. The third-order valence-corrected chi connectivity index (χ3v) is 5.47. The van der Waals surface area contributed by atoms with Crippen molar-refractivity contribution in [3.05, 3.63) is 56.4 Å². The van der Waals surface area contributed by atoms with E-state index in [-0.39, 0.29) is 5.91 Å². The average molecular weight is 423 g/mol. The Morgan fingerprint density at radius 3 is 2.44 bits per heavy atom. The smallest absolute Gasteiger partial charge is 0.264 e. The predicted molar refractivity (Wildman–Crippen MR) is 112 cm³/mol. The zero-order valence-corrected chi connectivity index (χ0v) is 17.1. The minimum Gasteiger partial charge on any atom is -0.493 e. The third-order valence-electron chi connectivity index (χ3n) is 3.83. The minimum absolute atomic E-state index is 0.247. The number of hydrogen-bond acceptors (Lipinski definition) is 5. The van der Waals surface area contributed by atoms with Gasteiger partial charge in [0.2, 0.25) is 0 Å². The highest BCUT2D eigenvalue weighted by molar-refractivity contribution is 8.18. The molecule has 0 aliphatic carbocycles. The summed E-state index contributed by atoms with van der Waals surface area (Å²) in [4.78, 5) is 17.2. The van der Waals surface area contributed by atoms with Crippen LogP contribution in [0.5, 0.6) is 11.5 Å². The highest BCUT2D eigenvalue weighted by atomic mass is 35.5. The Morgan fingerprint density at radius 2 is 1.78 bits per heavy atom. The standard InChI is InChI=1S/C19H16Cl2N2O3S/c1-10-4-5-12(8-13(10)20)22-19-23-18(24)17(27-19)7-11-6-15(25-2)16(26-3)9-14(11)21/h4-9H,1-3H3,(H,22,23,24)/b17-7-. The van der Waals surface area contributed by atoms with Crippen LogP contribution in [0.25, 0.3) is 6.08 Å². The molecule has 1 amide bonds. The Kier molecular flexibility index (Phi) is 5.99. The first-order valence-electron chi connectivity index (χ1n) is 7.88. The molecule has 0 unspecified atom stereocenters.